The van der Waals surface area contributed by atoms with Crippen LogP contribution in [0.15, 0.2) is 78.9 Å². The van der Waals surface area contributed by atoms with E-state index in [1.807, 2.05) is 30.3 Å². The Kier molecular flexibility index (Phi) is 7.23. The van der Waals surface area contributed by atoms with E-state index in [2.05, 4.69) is 15.7 Å². The van der Waals surface area contributed by atoms with E-state index in [0.717, 1.165) is 10.2 Å². The van der Waals surface area contributed by atoms with E-state index in [9.17, 15) is 27.2 Å². The van der Waals surface area contributed by atoms with Gasteiger partial charge < -0.3 is 15.7 Å². The van der Waals surface area contributed by atoms with Gasteiger partial charge in [-0.15, -0.1) is 0 Å². The maximum atomic E-state index is 14.5. The molecule has 0 aliphatic rings. The van der Waals surface area contributed by atoms with Crippen LogP contribution < -0.4 is 10.6 Å². The van der Waals surface area contributed by atoms with Crippen molar-refractivity contribution < 1.29 is 32.3 Å². The van der Waals surface area contributed by atoms with E-state index in [1.54, 1.807) is 12.1 Å². The highest BCUT2D eigenvalue weighted by atomic mass is 19.4. The maximum absolute atomic E-state index is 14.5. The Bertz CT molecular complexity index is 1440. The first-order valence-electron chi connectivity index (χ1n) is 11.0. The van der Waals surface area contributed by atoms with E-state index in [1.165, 1.54) is 30.3 Å². The van der Waals surface area contributed by atoms with Crippen molar-refractivity contribution >= 4 is 17.7 Å². The Labute approximate surface area is 208 Å². The fourth-order valence-corrected chi connectivity index (χ4v) is 3.65. The van der Waals surface area contributed by atoms with Crippen LogP contribution in [0.3, 0.4) is 0 Å². The summed E-state index contributed by atoms with van der Waals surface area (Å²) in [7, 11) is 0. The van der Waals surface area contributed by atoms with Crippen molar-refractivity contribution in [1.82, 2.24) is 15.1 Å². The second kappa shape index (κ2) is 10.5. The number of aromatic nitrogens is 2. The van der Waals surface area contributed by atoms with Gasteiger partial charge in [0, 0.05) is 12.6 Å². The number of benzene rings is 3. The van der Waals surface area contributed by atoms with E-state index in [0.29, 0.717) is 23.6 Å². The van der Waals surface area contributed by atoms with Crippen molar-refractivity contribution in [3.63, 3.8) is 0 Å². The molecule has 3 N–H and O–H groups in total. The van der Waals surface area contributed by atoms with Crippen LogP contribution in [-0.2, 0) is 19.1 Å². The summed E-state index contributed by atoms with van der Waals surface area (Å²) >= 11 is 0. The van der Waals surface area contributed by atoms with Crippen molar-refractivity contribution in [1.29, 1.82) is 0 Å². The molecule has 1 aromatic heterocycles. The molecule has 7 nitrogen and oxygen atoms in total. The minimum absolute atomic E-state index is 0.0867. The number of hydrogen-bond acceptors (Lipinski definition) is 3. The summed E-state index contributed by atoms with van der Waals surface area (Å²) in [5.41, 5.74) is 0.161. The average molecular weight is 512 g/mol. The molecule has 11 heteroatoms. The highest BCUT2D eigenvalue weighted by Crippen LogP contribution is 2.30. The van der Waals surface area contributed by atoms with Crippen LogP contribution >= 0.6 is 0 Å². The molecule has 37 heavy (non-hydrogen) atoms. The molecular formula is C26H20F4N4O3. The van der Waals surface area contributed by atoms with Gasteiger partial charge in [-0.2, -0.15) is 18.3 Å². The molecule has 0 saturated heterocycles. The second-order valence-electron chi connectivity index (χ2n) is 8.08. The predicted molar refractivity (Wildman–Crippen MR) is 127 cm³/mol. The Morgan fingerprint density at radius 1 is 0.892 bits per heavy atom. The van der Waals surface area contributed by atoms with Crippen molar-refractivity contribution in [2.45, 2.75) is 19.1 Å². The van der Waals surface area contributed by atoms with Crippen molar-refractivity contribution in [2.24, 2.45) is 0 Å². The fourth-order valence-electron chi connectivity index (χ4n) is 3.65. The minimum Gasteiger partial charge on any atom is -0.465 e. The first-order chi connectivity index (χ1) is 17.6. The zero-order valence-corrected chi connectivity index (χ0v) is 19.1. The van der Waals surface area contributed by atoms with Crippen molar-refractivity contribution in [3.05, 3.63) is 113 Å². The summed E-state index contributed by atoms with van der Waals surface area (Å²) in [5, 5.41) is 16.9. The van der Waals surface area contributed by atoms with Crippen LogP contribution in [0.25, 0.3) is 5.69 Å². The minimum atomic E-state index is -4.84. The number of hydrogen-bond donors (Lipinski definition) is 3. The molecule has 0 fully saturated rings. The third-order valence-electron chi connectivity index (χ3n) is 5.36. The molecular weight excluding hydrogens is 492 g/mol. The molecule has 0 spiro atoms. The van der Waals surface area contributed by atoms with E-state index >= 15 is 0 Å². The number of anilines is 1. The molecule has 190 valence electrons. The molecule has 0 aliphatic heterocycles. The number of nitrogens with one attached hydrogen (secondary N) is 2. The molecule has 0 unspecified atom stereocenters. The molecule has 1 heterocycles. The zero-order valence-electron chi connectivity index (χ0n) is 19.1. The lowest BCUT2D eigenvalue weighted by Crippen LogP contribution is -2.20. The van der Waals surface area contributed by atoms with Gasteiger partial charge in [-0.25, -0.2) is 13.9 Å². The van der Waals surface area contributed by atoms with Gasteiger partial charge in [0.1, 0.15) is 11.5 Å². The standard InChI is InChI=1S/C26H20F4N4O3/c27-20-10-9-17(11-16-5-2-1-3-6-16)13-21(20)32-24(35)22-14-23(26(28,29)30)33-34(22)19-8-4-7-18(12-19)15-31-25(36)37/h1-10,12-14,31H,11,15H2,(H,32,35)(H,36,37). The lowest BCUT2D eigenvalue weighted by Gasteiger charge is -2.11. The van der Waals surface area contributed by atoms with Gasteiger partial charge in [-0.3, -0.25) is 4.79 Å². The summed E-state index contributed by atoms with van der Waals surface area (Å²) in [5.74, 6) is -1.76. The monoisotopic (exact) mass is 512 g/mol. The summed E-state index contributed by atoms with van der Waals surface area (Å²) in [6, 6.07) is 19.9. The number of carbonyl (C=O) groups is 2. The lowest BCUT2D eigenvalue weighted by molar-refractivity contribution is -0.141. The van der Waals surface area contributed by atoms with Crippen LogP contribution in [0.2, 0.25) is 0 Å². The Hall–Kier alpha value is -4.67. The van der Waals surface area contributed by atoms with Gasteiger partial charge in [-0.1, -0.05) is 48.5 Å². The summed E-state index contributed by atoms with van der Waals surface area (Å²) in [4.78, 5) is 23.8. The normalized spacial score (nSPS) is 11.2. The third kappa shape index (κ3) is 6.31. The maximum Gasteiger partial charge on any atom is 0.435 e. The first kappa shape index (κ1) is 25.4. The largest absolute Gasteiger partial charge is 0.465 e. The number of nitrogens with zero attached hydrogens (tertiary/aromatic N) is 2. The molecule has 3 aromatic carbocycles. The molecule has 4 aromatic rings. The highest BCUT2D eigenvalue weighted by Gasteiger charge is 2.36. The number of alkyl halides is 3. The Morgan fingerprint density at radius 3 is 2.32 bits per heavy atom. The summed E-state index contributed by atoms with van der Waals surface area (Å²) in [6.45, 7) is -0.114. The van der Waals surface area contributed by atoms with E-state index in [-0.39, 0.29) is 17.9 Å². The molecule has 0 bridgehead atoms. The Morgan fingerprint density at radius 2 is 1.62 bits per heavy atom. The smallest absolute Gasteiger partial charge is 0.435 e. The van der Waals surface area contributed by atoms with Crippen molar-refractivity contribution in [3.8, 4) is 5.69 Å². The van der Waals surface area contributed by atoms with Crippen LogP contribution in [0.1, 0.15) is 32.9 Å². The van der Waals surface area contributed by atoms with Gasteiger partial charge in [0.25, 0.3) is 5.91 Å². The van der Waals surface area contributed by atoms with E-state index < -0.39 is 35.4 Å². The topological polar surface area (TPSA) is 96.2 Å². The van der Waals surface area contributed by atoms with Gasteiger partial charge in [0.15, 0.2) is 5.69 Å². The van der Waals surface area contributed by atoms with Gasteiger partial charge in [-0.05, 0) is 47.4 Å². The molecule has 0 aliphatic carbocycles. The molecule has 4 rings (SSSR count). The van der Waals surface area contributed by atoms with Gasteiger partial charge >= 0.3 is 12.3 Å². The molecule has 0 radical (unpaired) electrons. The summed E-state index contributed by atoms with van der Waals surface area (Å²) < 4.78 is 55.7. The summed E-state index contributed by atoms with van der Waals surface area (Å²) in [6.07, 6.45) is -5.67. The average Bonchev–Trinajstić information content (AvgIpc) is 3.32. The number of amides is 2. The van der Waals surface area contributed by atoms with Crippen LogP contribution in [0.5, 0.6) is 0 Å². The molecule has 0 atom stereocenters. The van der Waals surface area contributed by atoms with Crippen LogP contribution in [-0.4, -0.2) is 26.9 Å². The van der Waals surface area contributed by atoms with Gasteiger partial charge in [0.05, 0.1) is 11.4 Å². The SMILES string of the molecule is O=C(O)NCc1cccc(-n2nc(C(F)(F)F)cc2C(=O)Nc2cc(Cc3ccccc3)ccc2F)c1. The number of rotatable bonds is 7. The number of carbonyl (C=O) groups excluding carboxylic acids is 1. The molecule has 0 saturated carbocycles. The number of carboxylic acid groups (broad SMARTS) is 1. The second-order valence-corrected chi connectivity index (χ2v) is 8.08. The Balaban J connectivity index is 1.66. The quantitative estimate of drug-likeness (QED) is 0.279. The van der Waals surface area contributed by atoms with Crippen molar-refractivity contribution in [2.75, 3.05) is 5.32 Å². The zero-order chi connectivity index (χ0) is 26.6. The van der Waals surface area contributed by atoms with E-state index in [4.69, 9.17) is 5.11 Å². The highest BCUT2D eigenvalue weighted by molar-refractivity contribution is 6.03. The number of halogens is 4. The predicted octanol–water partition coefficient (Wildman–Crippen LogP) is 5.64. The van der Waals surface area contributed by atoms with Crippen LogP contribution in [0, 0.1) is 5.82 Å². The molecule has 2 amide bonds. The lowest BCUT2D eigenvalue weighted by atomic mass is 10.0. The van der Waals surface area contributed by atoms with Crippen LogP contribution in [0.4, 0.5) is 28.0 Å². The first-order valence-corrected chi connectivity index (χ1v) is 11.0. The van der Waals surface area contributed by atoms with Gasteiger partial charge in [0.2, 0.25) is 0 Å². The fraction of sp³-hybridized carbons (Fsp3) is 0.115. The third-order valence-corrected chi connectivity index (χ3v) is 5.36.